The van der Waals surface area contributed by atoms with Crippen molar-refractivity contribution in [1.29, 1.82) is 0 Å². The molecule has 0 fully saturated rings. The molecule has 126 valence electrons. The van der Waals surface area contributed by atoms with Crippen LogP contribution in [0.25, 0.3) is 5.69 Å². The monoisotopic (exact) mass is 337 g/mol. The Morgan fingerprint density at radius 3 is 2.52 bits per heavy atom. The number of hydrogen-bond acceptors (Lipinski definition) is 5. The summed E-state index contributed by atoms with van der Waals surface area (Å²) in [5, 5.41) is 16.6. The van der Waals surface area contributed by atoms with Crippen LogP contribution in [0, 0.1) is 0 Å². The molecule has 1 amide bonds. The molecule has 0 atom stereocenters. The van der Waals surface area contributed by atoms with Crippen molar-refractivity contribution in [3.63, 3.8) is 0 Å². The van der Waals surface area contributed by atoms with E-state index >= 15 is 0 Å². The van der Waals surface area contributed by atoms with Crippen LogP contribution in [0.5, 0.6) is 11.5 Å². The number of hydrogen-bond donors (Lipinski definition) is 2. The van der Waals surface area contributed by atoms with E-state index in [2.05, 4.69) is 10.4 Å². The first kappa shape index (κ1) is 16.3. The summed E-state index contributed by atoms with van der Waals surface area (Å²) in [7, 11) is 1.47. The zero-order valence-corrected chi connectivity index (χ0v) is 13.3. The number of rotatable bonds is 4. The molecule has 1 heterocycles. The summed E-state index contributed by atoms with van der Waals surface area (Å²) < 4.78 is 6.23. The van der Waals surface area contributed by atoms with Gasteiger partial charge in [-0.2, -0.15) is 9.78 Å². The van der Waals surface area contributed by atoms with Gasteiger partial charge in [0.15, 0.2) is 11.4 Å². The second-order valence-electron chi connectivity index (χ2n) is 5.12. The van der Waals surface area contributed by atoms with Gasteiger partial charge in [-0.25, -0.2) is 0 Å². The van der Waals surface area contributed by atoms with Crippen molar-refractivity contribution in [3.05, 3.63) is 76.7 Å². The number of carbonyl (C=O) groups excluding carboxylic acids is 1. The van der Waals surface area contributed by atoms with Gasteiger partial charge in [0.25, 0.3) is 11.5 Å². The lowest BCUT2D eigenvalue weighted by molar-refractivity contribution is 0.101. The number of benzene rings is 2. The van der Waals surface area contributed by atoms with Crippen LogP contribution in [0.3, 0.4) is 0 Å². The van der Waals surface area contributed by atoms with E-state index in [0.29, 0.717) is 17.1 Å². The van der Waals surface area contributed by atoms with Crippen molar-refractivity contribution in [2.75, 3.05) is 12.4 Å². The molecule has 7 heteroatoms. The SMILES string of the molecule is COc1ccccc1-n1nc(C(=O)Nc2ccccc2)c(O)cc1=O. The molecule has 0 saturated carbocycles. The molecule has 0 saturated heterocycles. The Morgan fingerprint density at radius 1 is 1.12 bits per heavy atom. The fourth-order valence-electron chi connectivity index (χ4n) is 2.30. The lowest BCUT2D eigenvalue weighted by Gasteiger charge is -2.12. The first-order valence-corrected chi connectivity index (χ1v) is 7.43. The van der Waals surface area contributed by atoms with Crippen LogP contribution in [0.1, 0.15) is 10.5 Å². The van der Waals surface area contributed by atoms with Crippen LogP contribution in [0.4, 0.5) is 5.69 Å². The van der Waals surface area contributed by atoms with Crippen LogP contribution >= 0.6 is 0 Å². The highest BCUT2D eigenvalue weighted by Crippen LogP contribution is 2.21. The molecule has 1 aromatic heterocycles. The van der Waals surface area contributed by atoms with E-state index in [9.17, 15) is 14.7 Å². The fourth-order valence-corrected chi connectivity index (χ4v) is 2.30. The average Bonchev–Trinajstić information content (AvgIpc) is 2.62. The Bertz CT molecular complexity index is 968. The molecular formula is C18H15N3O4. The lowest BCUT2D eigenvalue weighted by atomic mass is 10.2. The van der Waals surface area contributed by atoms with Gasteiger partial charge in [-0.15, -0.1) is 0 Å². The topological polar surface area (TPSA) is 93.5 Å². The van der Waals surface area contributed by atoms with Gasteiger partial charge >= 0.3 is 0 Å². The summed E-state index contributed by atoms with van der Waals surface area (Å²) in [6, 6.07) is 16.4. The molecule has 0 unspecified atom stereocenters. The molecule has 3 rings (SSSR count). The number of aromatic hydroxyl groups is 1. The first-order chi connectivity index (χ1) is 12.1. The van der Waals surface area contributed by atoms with E-state index in [0.717, 1.165) is 10.7 Å². The van der Waals surface area contributed by atoms with Gasteiger partial charge in [0.05, 0.1) is 7.11 Å². The number of amides is 1. The fraction of sp³-hybridized carbons (Fsp3) is 0.0556. The van der Waals surface area contributed by atoms with Crippen molar-refractivity contribution < 1.29 is 14.6 Å². The van der Waals surface area contributed by atoms with Gasteiger partial charge < -0.3 is 15.2 Å². The number of nitrogens with one attached hydrogen (secondary N) is 1. The summed E-state index contributed by atoms with van der Waals surface area (Å²) in [4.78, 5) is 24.6. The summed E-state index contributed by atoms with van der Waals surface area (Å²) >= 11 is 0. The van der Waals surface area contributed by atoms with E-state index in [-0.39, 0.29) is 5.69 Å². The van der Waals surface area contributed by atoms with Crippen LogP contribution in [-0.2, 0) is 0 Å². The standard InChI is InChI=1S/C18H15N3O4/c1-25-15-10-6-5-9-13(15)21-16(23)11-14(22)17(20-21)18(24)19-12-7-3-2-4-8-12/h2-11,22H,1H3,(H,19,24). The summed E-state index contributed by atoms with van der Waals surface area (Å²) in [5.74, 6) is -0.714. The molecular weight excluding hydrogens is 322 g/mol. The Labute approximate surface area is 143 Å². The van der Waals surface area contributed by atoms with Crippen molar-refractivity contribution in [2.24, 2.45) is 0 Å². The first-order valence-electron chi connectivity index (χ1n) is 7.43. The highest BCUT2D eigenvalue weighted by molar-refractivity contribution is 6.04. The molecule has 0 aliphatic rings. The number of nitrogens with zero attached hydrogens (tertiary/aromatic N) is 2. The molecule has 0 radical (unpaired) electrons. The number of anilines is 1. The Hall–Kier alpha value is -3.61. The van der Waals surface area contributed by atoms with Gasteiger partial charge in [-0.1, -0.05) is 30.3 Å². The number of carbonyl (C=O) groups is 1. The van der Waals surface area contributed by atoms with Crippen molar-refractivity contribution in [1.82, 2.24) is 9.78 Å². The zero-order valence-electron chi connectivity index (χ0n) is 13.3. The smallest absolute Gasteiger partial charge is 0.279 e. The highest BCUT2D eigenvalue weighted by atomic mass is 16.5. The Balaban J connectivity index is 2.04. The van der Waals surface area contributed by atoms with Crippen molar-refractivity contribution in [2.45, 2.75) is 0 Å². The summed E-state index contributed by atoms with van der Waals surface area (Å²) in [5.41, 5.74) is 0.0557. The van der Waals surface area contributed by atoms with E-state index in [4.69, 9.17) is 4.74 Å². The molecule has 0 aliphatic carbocycles. The Kier molecular flexibility index (Phi) is 4.47. The molecule has 25 heavy (non-hydrogen) atoms. The number of ether oxygens (including phenoxy) is 1. The minimum absolute atomic E-state index is 0.269. The van der Waals surface area contributed by atoms with Crippen molar-refractivity contribution >= 4 is 11.6 Å². The molecule has 0 aliphatic heterocycles. The minimum Gasteiger partial charge on any atom is -0.505 e. The zero-order chi connectivity index (χ0) is 17.8. The van der Waals surface area contributed by atoms with Gasteiger partial charge in [-0.3, -0.25) is 9.59 Å². The van der Waals surface area contributed by atoms with Gasteiger partial charge in [0.1, 0.15) is 11.4 Å². The predicted molar refractivity (Wildman–Crippen MR) is 92.4 cm³/mol. The number of methoxy groups -OCH3 is 1. The second-order valence-corrected chi connectivity index (χ2v) is 5.12. The minimum atomic E-state index is -0.632. The Morgan fingerprint density at radius 2 is 1.80 bits per heavy atom. The molecule has 2 aromatic carbocycles. The number of para-hydroxylation sites is 3. The number of aromatic nitrogens is 2. The van der Waals surface area contributed by atoms with E-state index in [1.54, 1.807) is 48.5 Å². The van der Waals surface area contributed by atoms with Gasteiger partial charge in [-0.05, 0) is 24.3 Å². The third kappa shape index (κ3) is 3.35. The maximum atomic E-state index is 12.4. The second kappa shape index (κ2) is 6.88. The lowest BCUT2D eigenvalue weighted by Crippen LogP contribution is -2.25. The predicted octanol–water partition coefficient (Wildman–Crippen LogP) is 2.20. The van der Waals surface area contributed by atoms with Gasteiger partial charge in [0, 0.05) is 11.8 Å². The van der Waals surface area contributed by atoms with Crippen molar-refractivity contribution in [3.8, 4) is 17.2 Å². The average molecular weight is 337 g/mol. The van der Waals surface area contributed by atoms with Crippen LogP contribution in [0.15, 0.2) is 65.5 Å². The largest absolute Gasteiger partial charge is 0.505 e. The third-order valence-electron chi connectivity index (χ3n) is 3.47. The normalized spacial score (nSPS) is 10.3. The highest BCUT2D eigenvalue weighted by Gasteiger charge is 2.18. The maximum Gasteiger partial charge on any atom is 0.279 e. The van der Waals surface area contributed by atoms with Crippen LogP contribution < -0.4 is 15.6 Å². The molecule has 0 spiro atoms. The summed E-state index contributed by atoms with van der Waals surface area (Å²) in [6.07, 6.45) is 0. The quantitative estimate of drug-likeness (QED) is 0.761. The van der Waals surface area contributed by atoms with E-state index < -0.39 is 17.2 Å². The van der Waals surface area contributed by atoms with E-state index in [1.165, 1.54) is 7.11 Å². The molecule has 7 nitrogen and oxygen atoms in total. The third-order valence-corrected chi connectivity index (χ3v) is 3.47. The molecule has 0 bridgehead atoms. The van der Waals surface area contributed by atoms with Crippen LogP contribution in [-0.4, -0.2) is 27.9 Å². The van der Waals surface area contributed by atoms with E-state index in [1.807, 2.05) is 6.07 Å². The molecule has 3 aromatic rings. The van der Waals surface area contributed by atoms with Crippen LogP contribution in [0.2, 0.25) is 0 Å². The van der Waals surface area contributed by atoms with Gasteiger partial charge in [0.2, 0.25) is 0 Å². The maximum absolute atomic E-state index is 12.4. The summed E-state index contributed by atoms with van der Waals surface area (Å²) in [6.45, 7) is 0. The molecule has 2 N–H and O–H groups in total.